The van der Waals surface area contributed by atoms with Gasteiger partial charge in [0.15, 0.2) is 0 Å². The first-order valence-electron chi connectivity index (χ1n) is 8.51. The van der Waals surface area contributed by atoms with Gasteiger partial charge in [0, 0.05) is 0 Å². The summed E-state index contributed by atoms with van der Waals surface area (Å²) in [6.45, 7) is 6.10. The van der Waals surface area contributed by atoms with Crippen LogP contribution in [0.4, 0.5) is 0 Å². The third-order valence-corrected chi connectivity index (χ3v) is 3.65. The maximum absolute atomic E-state index is 12.5. The molecule has 0 fully saturated rings. The van der Waals surface area contributed by atoms with Gasteiger partial charge < -0.3 is 4.74 Å². The maximum Gasteiger partial charge on any atom is 0.275 e. The molecule has 2 aromatic carbocycles. The van der Waals surface area contributed by atoms with Gasteiger partial charge in [0.1, 0.15) is 12.4 Å². The topological polar surface area (TPSA) is 50.7 Å². The highest BCUT2D eigenvalue weighted by molar-refractivity contribution is 6.02. The van der Waals surface area contributed by atoms with Crippen LogP contribution in [-0.4, -0.2) is 18.2 Å². The summed E-state index contributed by atoms with van der Waals surface area (Å²) in [6, 6.07) is 17.0. The Morgan fingerprint density at radius 2 is 1.88 bits per heavy atom. The molecule has 0 saturated carbocycles. The number of carbonyl (C=O) groups is 1. The van der Waals surface area contributed by atoms with Gasteiger partial charge in [-0.2, -0.15) is 5.10 Å². The van der Waals surface area contributed by atoms with Crippen LogP contribution in [0.15, 0.2) is 72.4 Å². The van der Waals surface area contributed by atoms with Crippen molar-refractivity contribution in [3.05, 3.63) is 78.4 Å². The number of para-hydroxylation sites is 1. The highest BCUT2D eigenvalue weighted by atomic mass is 16.5. The van der Waals surface area contributed by atoms with E-state index in [0.717, 1.165) is 30.5 Å². The van der Waals surface area contributed by atoms with E-state index in [1.807, 2.05) is 36.4 Å². The first kappa shape index (κ1) is 18.5. The molecule has 0 atom stereocenters. The third-order valence-electron chi connectivity index (χ3n) is 3.65. The molecule has 1 amide bonds. The van der Waals surface area contributed by atoms with Crippen LogP contribution in [0, 0.1) is 0 Å². The van der Waals surface area contributed by atoms with Gasteiger partial charge in [-0.3, -0.25) is 4.79 Å². The summed E-state index contributed by atoms with van der Waals surface area (Å²) >= 11 is 0. The Labute approximate surface area is 149 Å². The average molecular weight is 336 g/mol. The van der Waals surface area contributed by atoms with Gasteiger partial charge in [0.25, 0.3) is 5.91 Å². The lowest BCUT2D eigenvalue weighted by atomic mass is 10.1. The van der Waals surface area contributed by atoms with Crippen LogP contribution in [0.5, 0.6) is 5.75 Å². The lowest BCUT2D eigenvalue weighted by Gasteiger charge is -2.10. The molecular weight excluding hydrogens is 312 g/mol. The second-order valence-corrected chi connectivity index (χ2v) is 5.56. The number of benzene rings is 2. The fourth-order valence-corrected chi connectivity index (χ4v) is 2.35. The largest absolute Gasteiger partial charge is 0.489 e. The Bertz CT molecular complexity index is 724. The molecule has 0 aliphatic rings. The van der Waals surface area contributed by atoms with E-state index in [1.54, 1.807) is 24.3 Å². The molecule has 0 aromatic heterocycles. The third kappa shape index (κ3) is 5.60. The summed E-state index contributed by atoms with van der Waals surface area (Å²) in [6.07, 6.45) is 4.54. The molecule has 2 aromatic rings. The van der Waals surface area contributed by atoms with E-state index in [9.17, 15) is 4.79 Å². The Morgan fingerprint density at radius 1 is 1.16 bits per heavy atom. The number of hydrazone groups is 1. The number of unbranched alkanes of at least 4 members (excludes halogenated alkanes) is 1. The number of nitrogens with one attached hydrogen (secondary N) is 1. The molecule has 2 rings (SSSR count). The summed E-state index contributed by atoms with van der Waals surface area (Å²) in [5.74, 6) is 0.231. The highest BCUT2D eigenvalue weighted by Crippen LogP contribution is 2.18. The molecule has 0 heterocycles. The lowest BCUT2D eigenvalue weighted by Crippen LogP contribution is -2.21. The summed E-state index contributed by atoms with van der Waals surface area (Å²) in [7, 11) is 0. The van der Waals surface area contributed by atoms with E-state index < -0.39 is 0 Å². The van der Waals surface area contributed by atoms with Crippen molar-refractivity contribution in [2.24, 2.45) is 5.10 Å². The molecule has 0 saturated heterocycles. The van der Waals surface area contributed by atoms with Crippen molar-refractivity contribution < 1.29 is 9.53 Å². The molecule has 130 valence electrons. The number of hydrogen-bond acceptors (Lipinski definition) is 3. The quantitative estimate of drug-likeness (QED) is 0.414. The minimum atomic E-state index is -0.287. The summed E-state index contributed by atoms with van der Waals surface area (Å²) < 4.78 is 5.54. The minimum Gasteiger partial charge on any atom is -0.489 e. The normalized spacial score (nSPS) is 11.0. The Hall–Kier alpha value is -2.88. The monoisotopic (exact) mass is 336 g/mol. The average Bonchev–Trinajstić information content (AvgIpc) is 2.67. The molecule has 1 N–H and O–H groups in total. The molecule has 0 spiro atoms. The number of hydrogen-bond donors (Lipinski definition) is 1. The SMILES string of the molecule is C=CCOc1ccccc1C(=O)N/N=C(\CCCC)c1ccccc1. The summed E-state index contributed by atoms with van der Waals surface area (Å²) in [4.78, 5) is 12.5. The number of ether oxygens (including phenoxy) is 1. The lowest BCUT2D eigenvalue weighted by molar-refractivity contribution is 0.0951. The summed E-state index contributed by atoms with van der Waals surface area (Å²) in [5, 5.41) is 4.37. The zero-order valence-corrected chi connectivity index (χ0v) is 14.6. The van der Waals surface area contributed by atoms with Gasteiger partial charge in [-0.1, -0.05) is 68.5 Å². The zero-order valence-electron chi connectivity index (χ0n) is 14.6. The summed E-state index contributed by atoms with van der Waals surface area (Å²) in [5.41, 5.74) is 5.02. The van der Waals surface area contributed by atoms with Crippen LogP contribution in [-0.2, 0) is 0 Å². The van der Waals surface area contributed by atoms with Crippen LogP contribution >= 0.6 is 0 Å². The molecule has 0 aliphatic heterocycles. The van der Waals surface area contributed by atoms with Gasteiger partial charge in [-0.15, -0.1) is 0 Å². The first-order chi connectivity index (χ1) is 12.3. The van der Waals surface area contributed by atoms with Crippen molar-refractivity contribution >= 4 is 11.6 Å². The van der Waals surface area contributed by atoms with Gasteiger partial charge >= 0.3 is 0 Å². The molecule has 4 nitrogen and oxygen atoms in total. The van der Waals surface area contributed by atoms with Crippen molar-refractivity contribution in [3.8, 4) is 5.75 Å². The van der Waals surface area contributed by atoms with Crippen molar-refractivity contribution in [3.63, 3.8) is 0 Å². The van der Waals surface area contributed by atoms with Crippen LogP contribution in [0.2, 0.25) is 0 Å². The molecule has 25 heavy (non-hydrogen) atoms. The fraction of sp³-hybridized carbons (Fsp3) is 0.238. The standard InChI is InChI=1S/C21H24N2O2/c1-3-5-14-19(17-11-7-6-8-12-17)22-23-21(24)18-13-9-10-15-20(18)25-16-4-2/h4,6-13,15H,2-3,5,14,16H2,1H3,(H,23,24)/b22-19+. The van der Waals surface area contributed by atoms with E-state index in [1.165, 1.54) is 0 Å². The van der Waals surface area contributed by atoms with Crippen molar-refractivity contribution in [2.75, 3.05) is 6.61 Å². The van der Waals surface area contributed by atoms with Gasteiger partial charge in [0.2, 0.25) is 0 Å². The molecule has 0 radical (unpaired) electrons. The van der Waals surface area contributed by atoms with E-state index in [0.29, 0.717) is 17.9 Å². The Morgan fingerprint density at radius 3 is 2.60 bits per heavy atom. The predicted octanol–water partition coefficient (Wildman–Crippen LogP) is 4.58. The van der Waals surface area contributed by atoms with Crippen LogP contribution < -0.4 is 10.2 Å². The zero-order chi connectivity index (χ0) is 17.9. The Balaban J connectivity index is 2.17. The molecule has 0 unspecified atom stereocenters. The van der Waals surface area contributed by atoms with Crippen LogP contribution in [0.3, 0.4) is 0 Å². The number of amides is 1. The number of nitrogens with zero attached hydrogens (tertiary/aromatic N) is 1. The van der Waals surface area contributed by atoms with E-state index in [-0.39, 0.29) is 5.91 Å². The smallest absolute Gasteiger partial charge is 0.275 e. The fourth-order valence-electron chi connectivity index (χ4n) is 2.35. The van der Waals surface area contributed by atoms with Gasteiger partial charge in [-0.05, 0) is 30.5 Å². The van der Waals surface area contributed by atoms with Crippen molar-refractivity contribution in [1.29, 1.82) is 0 Å². The van der Waals surface area contributed by atoms with E-state index >= 15 is 0 Å². The predicted molar refractivity (Wildman–Crippen MR) is 102 cm³/mol. The highest BCUT2D eigenvalue weighted by Gasteiger charge is 2.12. The van der Waals surface area contributed by atoms with Crippen molar-refractivity contribution in [2.45, 2.75) is 26.2 Å². The molecule has 0 aliphatic carbocycles. The van der Waals surface area contributed by atoms with Gasteiger partial charge in [0.05, 0.1) is 11.3 Å². The van der Waals surface area contributed by atoms with E-state index in [4.69, 9.17) is 4.74 Å². The van der Waals surface area contributed by atoms with Crippen LogP contribution in [0.25, 0.3) is 0 Å². The first-order valence-corrected chi connectivity index (χ1v) is 8.51. The number of rotatable bonds is 9. The second kappa shape index (κ2) is 10.1. The second-order valence-electron chi connectivity index (χ2n) is 5.56. The number of carbonyl (C=O) groups excluding carboxylic acids is 1. The van der Waals surface area contributed by atoms with E-state index in [2.05, 4.69) is 24.0 Å². The molecule has 0 bridgehead atoms. The van der Waals surface area contributed by atoms with Crippen LogP contribution in [0.1, 0.15) is 42.1 Å². The van der Waals surface area contributed by atoms with Gasteiger partial charge in [-0.25, -0.2) is 5.43 Å². The molecule has 4 heteroatoms. The molecular formula is C21H24N2O2. The minimum absolute atomic E-state index is 0.287. The Kier molecular flexibility index (Phi) is 7.44. The maximum atomic E-state index is 12.5. The van der Waals surface area contributed by atoms with Crippen molar-refractivity contribution in [1.82, 2.24) is 5.43 Å².